The molecular weight excluding hydrogens is 326 g/mol. The summed E-state index contributed by atoms with van der Waals surface area (Å²) in [6.45, 7) is 1.90. The number of rotatable bonds is 3. The van der Waals surface area contributed by atoms with Crippen LogP contribution in [0.3, 0.4) is 0 Å². The average Bonchev–Trinajstić information content (AvgIpc) is 3.39. The summed E-state index contributed by atoms with van der Waals surface area (Å²) < 4.78 is 1.87. The van der Waals surface area contributed by atoms with Crippen LogP contribution < -0.4 is 4.90 Å². The number of imidazole rings is 1. The largest absolute Gasteiger partial charge is 0.356 e. The van der Waals surface area contributed by atoms with Gasteiger partial charge in [-0.2, -0.15) is 5.10 Å². The Morgan fingerprint density at radius 3 is 2.62 bits per heavy atom. The van der Waals surface area contributed by atoms with Crippen molar-refractivity contribution in [2.45, 2.75) is 18.8 Å². The molecule has 1 fully saturated rings. The summed E-state index contributed by atoms with van der Waals surface area (Å²) in [6, 6.07) is 10.1. The van der Waals surface area contributed by atoms with Crippen molar-refractivity contribution in [2.75, 3.05) is 18.0 Å². The van der Waals surface area contributed by atoms with Gasteiger partial charge in [-0.25, -0.2) is 19.6 Å². The summed E-state index contributed by atoms with van der Waals surface area (Å²) in [4.78, 5) is 19.0. The van der Waals surface area contributed by atoms with Gasteiger partial charge in [-0.3, -0.25) is 0 Å². The van der Waals surface area contributed by atoms with E-state index in [1.807, 2.05) is 53.6 Å². The highest BCUT2D eigenvalue weighted by molar-refractivity contribution is 5.87. The number of fused-ring (bicyclic) bond motifs is 1. The Balaban J connectivity index is 1.44. The van der Waals surface area contributed by atoms with Crippen molar-refractivity contribution in [2.24, 2.45) is 0 Å². The third kappa shape index (κ3) is 2.52. The molecule has 4 heterocycles. The van der Waals surface area contributed by atoms with Gasteiger partial charge in [-0.15, -0.1) is 0 Å². The van der Waals surface area contributed by atoms with Crippen LogP contribution in [0.5, 0.6) is 0 Å². The van der Waals surface area contributed by atoms with Crippen LogP contribution in [0.25, 0.3) is 16.7 Å². The second kappa shape index (κ2) is 6.25. The SMILES string of the molecule is c1ccc(-n2ncc3c(N4CCC(c5ncc[nH]5)CC4)ncnc32)cc1. The zero-order valence-electron chi connectivity index (χ0n) is 14.3. The van der Waals surface area contributed by atoms with Crippen molar-refractivity contribution in [3.05, 3.63) is 61.1 Å². The molecule has 7 heteroatoms. The van der Waals surface area contributed by atoms with Gasteiger partial charge in [0.25, 0.3) is 0 Å². The predicted octanol–water partition coefficient (Wildman–Crippen LogP) is 2.92. The van der Waals surface area contributed by atoms with E-state index in [9.17, 15) is 0 Å². The molecule has 0 aliphatic carbocycles. The van der Waals surface area contributed by atoms with E-state index >= 15 is 0 Å². The number of benzene rings is 1. The highest BCUT2D eigenvalue weighted by Crippen LogP contribution is 2.31. The van der Waals surface area contributed by atoms with Crippen molar-refractivity contribution in [3.63, 3.8) is 0 Å². The Labute approximate surface area is 150 Å². The van der Waals surface area contributed by atoms with Crippen molar-refractivity contribution in [1.29, 1.82) is 0 Å². The molecule has 0 atom stereocenters. The highest BCUT2D eigenvalue weighted by atomic mass is 15.3. The third-order valence-electron chi connectivity index (χ3n) is 5.05. The quantitative estimate of drug-likeness (QED) is 0.618. The molecule has 0 bridgehead atoms. The first kappa shape index (κ1) is 15.1. The summed E-state index contributed by atoms with van der Waals surface area (Å²) in [7, 11) is 0. The Kier molecular flexibility index (Phi) is 3.62. The van der Waals surface area contributed by atoms with Crippen molar-refractivity contribution >= 4 is 16.9 Å². The number of para-hydroxylation sites is 1. The van der Waals surface area contributed by atoms with Crippen molar-refractivity contribution < 1.29 is 0 Å². The molecule has 5 rings (SSSR count). The van der Waals surface area contributed by atoms with Gasteiger partial charge in [0.2, 0.25) is 0 Å². The number of H-pyrrole nitrogens is 1. The molecule has 4 aromatic rings. The second-order valence-electron chi connectivity index (χ2n) is 6.56. The molecule has 0 saturated carbocycles. The molecule has 1 aromatic carbocycles. The second-order valence-corrected chi connectivity index (χ2v) is 6.56. The molecule has 1 aliphatic rings. The van der Waals surface area contributed by atoms with Crippen LogP contribution in [0.2, 0.25) is 0 Å². The fourth-order valence-corrected chi connectivity index (χ4v) is 3.71. The molecule has 0 spiro atoms. The topological polar surface area (TPSA) is 75.5 Å². The standard InChI is InChI=1S/C19H19N7/c1-2-4-15(5-3-1)26-19-16(12-24-26)18(22-13-23-19)25-10-6-14(7-11-25)17-20-8-9-21-17/h1-5,8-9,12-14H,6-7,10-11H2,(H,20,21). The van der Waals surface area contributed by atoms with Crippen LogP contribution in [-0.2, 0) is 0 Å². The number of piperidine rings is 1. The first-order chi connectivity index (χ1) is 12.9. The Morgan fingerprint density at radius 2 is 1.85 bits per heavy atom. The molecule has 0 unspecified atom stereocenters. The molecule has 0 radical (unpaired) electrons. The highest BCUT2D eigenvalue weighted by Gasteiger charge is 2.25. The Morgan fingerprint density at radius 1 is 1.00 bits per heavy atom. The Bertz CT molecular complexity index is 999. The predicted molar refractivity (Wildman–Crippen MR) is 99.4 cm³/mol. The zero-order chi connectivity index (χ0) is 17.3. The van der Waals surface area contributed by atoms with E-state index in [4.69, 9.17) is 0 Å². The monoisotopic (exact) mass is 345 g/mol. The van der Waals surface area contributed by atoms with Gasteiger partial charge in [0.15, 0.2) is 5.65 Å². The van der Waals surface area contributed by atoms with E-state index in [2.05, 4.69) is 29.9 Å². The van der Waals surface area contributed by atoms with Crippen molar-refractivity contribution in [1.82, 2.24) is 29.7 Å². The van der Waals surface area contributed by atoms with Gasteiger partial charge in [0.1, 0.15) is 18.0 Å². The van der Waals surface area contributed by atoms with Crippen LogP contribution in [0.15, 0.2) is 55.2 Å². The van der Waals surface area contributed by atoms with E-state index < -0.39 is 0 Å². The van der Waals surface area contributed by atoms with E-state index in [1.165, 1.54) is 0 Å². The molecule has 7 nitrogen and oxygen atoms in total. The molecule has 3 aromatic heterocycles. The average molecular weight is 345 g/mol. The fourth-order valence-electron chi connectivity index (χ4n) is 3.71. The minimum atomic E-state index is 0.491. The van der Waals surface area contributed by atoms with Crippen LogP contribution in [0.4, 0.5) is 5.82 Å². The van der Waals surface area contributed by atoms with Gasteiger partial charge < -0.3 is 9.88 Å². The van der Waals surface area contributed by atoms with Crippen LogP contribution in [0.1, 0.15) is 24.6 Å². The number of aromatic nitrogens is 6. The van der Waals surface area contributed by atoms with Gasteiger partial charge in [0.05, 0.1) is 17.3 Å². The lowest BCUT2D eigenvalue weighted by Crippen LogP contribution is -2.33. The Hall–Kier alpha value is -3.22. The molecule has 1 N–H and O–H groups in total. The van der Waals surface area contributed by atoms with E-state index in [0.29, 0.717) is 5.92 Å². The number of nitrogens with zero attached hydrogens (tertiary/aromatic N) is 6. The maximum absolute atomic E-state index is 4.56. The van der Waals surface area contributed by atoms with Crippen LogP contribution >= 0.6 is 0 Å². The zero-order valence-corrected chi connectivity index (χ0v) is 14.3. The van der Waals surface area contributed by atoms with Gasteiger partial charge in [-0.1, -0.05) is 18.2 Å². The molecule has 130 valence electrons. The summed E-state index contributed by atoms with van der Waals surface area (Å²) in [5.41, 5.74) is 1.85. The maximum atomic E-state index is 4.56. The number of nitrogens with one attached hydrogen (secondary N) is 1. The molecule has 1 aliphatic heterocycles. The lowest BCUT2D eigenvalue weighted by Gasteiger charge is -2.32. The lowest BCUT2D eigenvalue weighted by molar-refractivity contribution is 0.487. The van der Waals surface area contributed by atoms with Crippen molar-refractivity contribution in [3.8, 4) is 5.69 Å². The normalized spacial score (nSPS) is 15.6. The van der Waals surface area contributed by atoms with Gasteiger partial charge >= 0.3 is 0 Å². The number of aromatic amines is 1. The van der Waals surface area contributed by atoms with Gasteiger partial charge in [0, 0.05) is 31.4 Å². The lowest BCUT2D eigenvalue weighted by atomic mass is 9.96. The minimum Gasteiger partial charge on any atom is -0.356 e. The summed E-state index contributed by atoms with van der Waals surface area (Å²) in [5.74, 6) is 2.55. The number of hydrogen-bond acceptors (Lipinski definition) is 5. The molecule has 0 amide bonds. The van der Waals surface area contributed by atoms with Crippen LogP contribution in [0, 0.1) is 0 Å². The first-order valence-corrected chi connectivity index (χ1v) is 8.88. The van der Waals surface area contributed by atoms with Gasteiger partial charge in [-0.05, 0) is 25.0 Å². The fraction of sp³-hybridized carbons (Fsp3) is 0.263. The van der Waals surface area contributed by atoms with Crippen LogP contribution in [-0.4, -0.2) is 42.8 Å². The maximum Gasteiger partial charge on any atom is 0.168 e. The van der Waals surface area contributed by atoms with E-state index in [1.54, 1.807) is 6.33 Å². The minimum absolute atomic E-state index is 0.491. The third-order valence-corrected chi connectivity index (χ3v) is 5.05. The van der Waals surface area contributed by atoms with E-state index in [-0.39, 0.29) is 0 Å². The van der Waals surface area contributed by atoms with E-state index in [0.717, 1.165) is 54.3 Å². The molecular formula is C19H19N7. The summed E-state index contributed by atoms with van der Waals surface area (Å²) in [6.07, 6.45) is 9.35. The number of anilines is 1. The first-order valence-electron chi connectivity index (χ1n) is 8.88. The number of hydrogen-bond donors (Lipinski definition) is 1. The molecule has 26 heavy (non-hydrogen) atoms. The molecule has 1 saturated heterocycles. The summed E-state index contributed by atoms with van der Waals surface area (Å²) in [5, 5.41) is 5.54. The summed E-state index contributed by atoms with van der Waals surface area (Å²) >= 11 is 0. The smallest absolute Gasteiger partial charge is 0.168 e.